The SMILES string of the molecule is CC(C)C1CCC2(CCNCC2)CC1.CCOC1CCC1. The van der Waals surface area contributed by atoms with Gasteiger partial charge in [-0.15, -0.1) is 0 Å². The second-order valence-electron chi connectivity index (χ2n) is 7.84. The minimum atomic E-state index is 0.630. The van der Waals surface area contributed by atoms with Crippen LogP contribution in [-0.2, 0) is 4.74 Å². The fraction of sp³-hybridized carbons (Fsp3) is 1.00. The summed E-state index contributed by atoms with van der Waals surface area (Å²) < 4.78 is 5.28. The van der Waals surface area contributed by atoms with Gasteiger partial charge in [-0.1, -0.05) is 13.8 Å². The lowest BCUT2D eigenvalue weighted by molar-refractivity contribution is 0.00995. The van der Waals surface area contributed by atoms with Gasteiger partial charge in [0, 0.05) is 6.61 Å². The van der Waals surface area contributed by atoms with E-state index < -0.39 is 0 Å². The average Bonchev–Trinajstić information content (AvgIpc) is 2.45. The Morgan fingerprint density at radius 1 is 1.00 bits per heavy atom. The van der Waals surface area contributed by atoms with Crippen molar-refractivity contribution in [3.8, 4) is 0 Å². The van der Waals surface area contributed by atoms with E-state index in [9.17, 15) is 0 Å². The molecule has 2 nitrogen and oxygen atoms in total. The summed E-state index contributed by atoms with van der Waals surface area (Å²) in [7, 11) is 0. The van der Waals surface area contributed by atoms with Crippen LogP contribution in [0.5, 0.6) is 0 Å². The first-order chi connectivity index (χ1) is 10.2. The van der Waals surface area contributed by atoms with Gasteiger partial charge in [0.25, 0.3) is 0 Å². The zero-order valence-corrected chi connectivity index (χ0v) is 14.6. The Labute approximate surface area is 132 Å². The molecule has 1 spiro atoms. The zero-order chi connectivity index (χ0) is 15.1. The number of hydrogen-bond donors (Lipinski definition) is 1. The van der Waals surface area contributed by atoms with Crippen LogP contribution >= 0.6 is 0 Å². The Kier molecular flexibility index (Phi) is 7.01. The summed E-state index contributed by atoms with van der Waals surface area (Å²) >= 11 is 0. The van der Waals surface area contributed by atoms with Gasteiger partial charge in [-0.25, -0.2) is 0 Å². The van der Waals surface area contributed by atoms with Crippen molar-refractivity contribution in [3.63, 3.8) is 0 Å². The quantitative estimate of drug-likeness (QED) is 0.809. The lowest BCUT2D eigenvalue weighted by Crippen LogP contribution is -2.39. The van der Waals surface area contributed by atoms with E-state index in [0.717, 1.165) is 23.9 Å². The number of nitrogens with one attached hydrogen (secondary N) is 1. The fourth-order valence-electron chi connectivity index (χ4n) is 4.15. The molecule has 3 rings (SSSR count). The van der Waals surface area contributed by atoms with Crippen molar-refractivity contribution in [2.75, 3.05) is 19.7 Å². The first kappa shape index (κ1) is 17.3. The Balaban J connectivity index is 0.000000194. The zero-order valence-electron chi connectivity index (χ0n) is 14.6. The highest BCUT2D eigenvalue weighted by Gasteiger charge is 2.36. The van der Waals surface area contributed by atoms with Crippen LogP contribution in [0.4, 0.5) is 0 Å². The molecule has 3 fully saturated rings. The van der Waals surface area contributed by atoms with Crippen molar-refractivity contribution in [3.05, 3.63) is 0 Å². The van der Waals surface area contributed by atoms with Crippen LogP contribution < -0.4 is 5.32 Å². The molecule has 1 aliphatic heterocycles. The van der Waals surface area contributed by atoms with Gasteiger partial charge in [0.05, 0.1) is 6.10 Å². The van der Waals surface area contributed by atoms with Crippen LogP contribution in [0.2, 0.25) is 0 Å². The molecule has 0 unspecified atom stereocenters. The topological polar surface area (TPSA) is 21.3 Å². The van der Waals surface area contributed by atoms with Crippen molar-refractivity contribution in [2.45, 2.75) is 84.7 Å². The van der Waals surface area contributed by atoms with Gasteiger partial charge in [-0.2, -0.15) is 0 Å². The van der Waals surface area contributed by atoms with Gasteiger partial charge >= 0.3 is 0 Å². The average molecular weight is 296 g/mol. The van der Waals surface area contributed by atoms with Gasteiger partial charge in [0.2, 0.25) is 0 Å². The smallest absolute Gasteiger partial charge is 0.0575 e. The molecule has 2 saturated carbocycles. The molecular formula is C19H37NO. The van der Waals surface area contributed by atoms with E-state index >= 15 is 0 Å². The molecule has 0 amide bonds. The maximum absolute atomic E-state index is 5.28. The van der Waals surface area contributed by atoms with E-state index in [4.69, 9.17) is 4.74 Å². The monoisotopic (exact) mass is 295 g/mol. The molecule has 0 atom stereocenters. The Bertz CT molecular complexity index is 269. The molecule has 3 aliphatic rings. The Morgan fingerprint density at radius 3 is 2.00 bits per heavy atom. The molecule has 0 bridgehead atoms. The maximum Gasteiger partial charge on any atom is 0.0575 e. The lowest BCUT2D eigenvalue weighted by Gasteiger charge is -2.44. The van der Waals surface area contributed by atoms with Gasteiger partial charge in [-0.05, 0) is 95.1 Å². The third-order valence-electron chi connectivity index (χ3n) is 6.15. The van der Waals surface area contributed by atoms with E-state index in [1.165, 1.54) is 70.9 Å². The second kappa shape index (κ2) is 8.53. The van der Waals surface area contributed by atoms with Gasteiger partial charge in [-0.3, -0.25) is 0 Å². The predicted molar refractivity (Wildman–Crippen MR) is 90.6 cm³/mol. The van der Waals surface area contributed by atoms with Crippen molar-refractivity contribution < 1.29 is 4.74 Å². The minimum absolute atomic E-state index is 0.630. The molecule has 1 saturated heterocycles. The van der Waals surface area contributed by atoms with E-state index in [0.29, 0.717) is 6.10 Å². The van der Waals surface area contributed by atoms with E-state index in [1.54, 1.807) is 0 Å². The van der Waals surface area contributed by atoms with E-state index in [-0.39, 0.29) is 0 Å². The molecule has 0 radical (unpaired) electrons. The maximum atomic E-state index is 5.28. The van der Waals surface area contributed by atoms with Gasteiger partial charge < -0.3 is 10.1 Å². The molecule has 21 heavy (non-hydrogen) atoms. The molecule has 1 N–H and O–H groups in total. The summed E-state index contributed by atoms with van der Waals surface area (Å²) in [5.41, 5.74) is 0.761. The highest BCUT2D eigenvalue weighted by atomic mass is 16.5. The lowest BCUT2D eigenvalue weighted by atomic mass is 9.64. The van der Waals surface area contributed by atoms with Crippen LogP contribution in [-0.4, -0.2) is 25.8 Å². The Hall–Kier alpha value is -0.0800. The summed E-state index contributed by atoms with van der Waals surface area (Å²) in [6, 6.07) is 0. The summed E-state index contributed by atoms with van der Waals surface area (Å²) in [5, 5.41) is 3.49. The van der Waals surface area contributed by atoms with E-state index in [2.05, 4.69) is 26.1 Å². The molecule has 2 heteroatoms. The van der Waals surface area contributed by atoms with Crippen molar-refractivity contribution in [2.24, 2.45) is 17.3 Å². The van der Waals surface area contributed by atoms with Crippen LogP contribution in [0.3, 0.4) is 0 Å². The molecule has 0 aromatic heterocycles. The molecule has 1 heterocycles. The normalized spacial score (nSPS) is 26.3. The van der Waals surface area contributed by atoms with Gasteiger partial charge in [0.15, 0.2) is 0 Å². The Morgan fingerprint density at radius 2 is 1.62 bits per heavy atom. The summed E-state index contributed by atoms with van der Waals surface area (Å²) in [5.74, 6) is 1.93. The summed E-state index contributed by atoms with van der Waals surface area (Å²) in [6.07, 6.45) is 13.5. The molecule has 124 valence electrons. The van der Waals surface area contributed by atoms with Gasteiger partial charge in [0.1, 0.15) is 0 Å². The number of ether oxygens (including phenoxy) is 1. The molecule has 2 aliphatic carbocycles. The third-order valence-corrected chi connectivity index (χ3v) is 6.15. The van der Waals surface area contributed by atoms with Crippen molar-refractivity contribution in [1.82, 2.24) is 5.32 Å². The van der Waals surface area contributed by atoms with E-state index in [1.807, 2.05) is 0 Å². The highest BCUT2D eigenvalue weighted by Crippen LogP contribution is 2.46. The first-order valence-electron chi connectivity index (χ1n) is 9.47. The summed E-state index contributed by atoms with van der Waals surface area (Å²) in [6.45, 7) is 10.3. The van der Waals surface area contributed by atoms with Crippen molar-refractivity contribution >= 4 is 0 Å². The number of piperidine rings is 1. The third kappa shape index (κ3) is 5.25. The van der Waals surface area contributed by atoms with Crippen LogP contribution in [0, 0.1) is 17.3 Å². The fourth-order valence-corrected chi connectivity index (χ4v) is 4.15. The second-order valence-corrected chi connectivity index (χ2v) is 7.84. The van der Waals surface area contributed by atoms with Crippen LogP contribution in [0.15, 0.2) is 0 Å². The highest BCUT2D eigenvalue weighted by molar-refractivity contribution is 4.89. The standard InChI is InChI=1S/C13H25N.C6H12O/c1-11(2)12-3-5-13(6-4-12)7-9-14-10-8-13;1-2-7-6-4-3-5-6/h11-12,14H,3-10H2,1-2H3;6H,2-5H2,1H3. The van der Waals surface area contributed by atoms with Crippen molar-refractivity contribution in [1.29, 1.82) is 0 Å². The number of hydrogen-bond acceptors (Lipinski definition) is 2. The first-order valence-corrected chi connectivity index (χ1v) is 9.47. The molecule has 0 aromatic carbocycles. The minimum Gasteiger partial charge on any atom is -0.379 e. The molecular weight excluding hydrogens is 258 g/mol. The largest absolute Gasteiger partial charge is 0.379 e. The predicted octanol–water partition coefficient (Wildman–Crippen LogP) is 4.78. The summed E-state index contributed by atoms with van der Waals surface area (Å²) in [4.78, 5) is 0. The molecule has 0 aromatic rings. The van der Waals surface area contributed by atoms with Crippen LogP contribution in [0.25, 0.3) is 0 Å². The number of rotatable bonds is 3. The van der Waals surface area contributed by atoms with Crippen LogP contribution in [0.1, 0.15) is 78.6 Å².